The topological polar surface area (TPSA) is 39.2 Å². The second kappa shape index (κ2) is 6.15. The van der Waals surface area contributed by atoms with Crippen LogP contribution in [0.3, 0.4) is 0 Å². The SMILES string of the molecule is O=C(OCc1csc(-c2cccs2)n1)c1ccc(F)cc1. The Morgan fingerprint density at radius 3 is 2.71 bits per heavy atom. The van der Waals surface area contributed by atoms with E-state index in [4.69, 9.17) is 4.74 Å². The molecule has 0 bridgehead atoms. The number of esters is 1. The fourth-order valence-electron chi connectivity index (χ4n) is 1.70. The molecule has 0 unspecified atom stereocenters. The van der Waals surface area contributed by atoms with Gasteiger partial charge in [0.1, 0.15) is 17.4 Å². The van der Waals surface area contributed by atoms with E-state index in [1.54, 1.807) is 11.3 Å². The van der Waals surface area contributed by atoms with Crippen LogP contribution < -0.4 is 0 Å². The lowest BCUT2D eigenvalue weighted by molar-refractivity contribution is 0.0468. The average molecular weight is 319 g/mol. The summed E-state index contributed by atoms with van der Waals surface area (Å²) in [5, 5.41) is 4.77. The number of thiazole rings is 1. The van der Waals surface area contributed by atoms with Crippen LogP contribution >= 0.6 is 22.7 Å². The summed E-state index contributed by atoms with van der Waals surface area (Å²) in [6.07, 6.45) is 0. The Morgan fingerprint density at radius 2 is 2.00 bits per heavy atom. The molecule has 0 fully saturated rings. The van der Waals surface area contributed by atoms with Gasteiger partial charge >= 0.3 is 5.97 Å². The molecule has 0 radical (unpaired) electrons. The van der Waals surface area contributed by atoms with Gasteiger partial charge in [0.05, 0.1) is 16.1 Å². The van der Waals surface area contributed by atoms with Crippen molar-refractivity contribution in [2.75, 3.05) is 0 Å². The van der Waals surface area contributed by atoms with Gasteiger partial charge < -0.3 is 4.74 Å². The maximum atomic E-state index is 12.8. The van der Waals surface area contributed by atoms with E-state index in [9.17, 15) is 9.18 Å². The number of hydrogen-bond acceptors (Lipinski definition) is 5. The van der Waals surface area contributed by atoms with Crippen molar-refractivity contribution in [3.05, 3.63) is 64.2 Å². The van der Waals surface area contributed by atoms with Gasteiger partial charge in [0.2, 0.25) is 0 Å². The molecule has 3 aromatic rings. The van der Waals surface area contributed by atoms with E-state index in [2.05, 4.69) is 4.98 Å². The van der Waals surface area contributed by atoms with Gasteiger partial charge in [0.25, 0.3) is 0 Å². The van der Waals surface area contributed by atoms with E-state index in [1.807, 2.05) is 22.9 Å². The number of carbonyl (C=O) groups excluding carboxylic acids is 1. The minimum atomic E-state index is -0.485. The number of rotatable bonds is 4. The van der Waals surface area contributed by atoms with Gasteiger partial charge in [0, 0.05) is 5.38 Å². The molecule has 0 saturated heterocycles. The van der Waals surface area contributed by atoms with Crippen LogP contribution in [0.5, 0.6) is 0 Å². The van der Waals surface area contributed by atoms with E-state index in [-0.39, 0.29) is 12.4 Å². The first-order valence-corrected chi connectivity index (χ1v) is 7.89. The van der Waals surface area contributed by atoms with Crippen molar-refractivity contribution < 1.29 is 13.9 Å². The third kappa shape index (κ3) is 3.34. The van der Waals surface area contributed by atoms with Crippen molar-refractivity contribution in [3.8, 4) is 9.88 Å². The number of nitrogens with zero attached hydrogens (tertiary/aromatic N) is 1. The molecule has 0 atom stereocenters. The zero-order chi connectivity index (χ0) is 14.7. The Bertz CT molecular complexity index is 735. The van der Waals surface area contributed by atoms with Crippen molar-refractivity contribution in [1.29, 1.82) is 0 Å². The van der Waals surface area contributed by atoms with E-state index in [0.29, 0.717) is 11.3 Å². The molecule has 0 saturated carbocycles. The maximum absolute atomic E-state index is 12.8. The van der Waals surface area contributed by atoms with Gasteiger partial charge in [-0.3, -0.25) is 0 Å². The number of halogens is 1. The molecule has 1 aromatic carbocycles. The molecule has 2 heterocycles. The first-order valence-electron chi connectivity index (χ1n) is 6.13. The summed E-state index contributed by atoms with van der Waals surface area (Å²) in [6, 6.07) is 9.22. The number of aromatic nitrogens is 1. The van der Waals surface area contributed by atoms with Crippen LogP contribution in [-0.4, -0.2) is 11.0 Å². The van der Waals surface area contributed by atoms with E-state index in [1.165, 1.54) is 35.6 Å². The lowest BCUT2D eigenvalue weighted by Crippen LogP contribution is -2.05. The van der Waals surface area contributed by atoms with Gasteiger partial charge in [-0.15, -0.1) is 22.7 Å². The molecule has 106 valence electrons. The lowest BCUT2D eigenvalue weighted by Gasteiger charge is -2.02. The monoisotopic (exact) mass is 319 g/mol. The minimum absolute atomic E-state index is 0.109. The van der Waals surface area contributed by atoms with Gasteiger partial charge in [0.15, 0.2) is 0 Å². The van der Waals surface area contributed by atoms with Gasteiger partial charge in [-0.05, 0) is 35.7 Å². The fraction of sp³-hybridized carbons (Fsp3) is 0.0667. The molecule has 2 aromatic heterocycles. The molecule has 0 amide bonds. The molecule has 21 heavy (non-hydrogen) atoms. The second-order valence-electron chi connectivity index (χ2n) is 4.20. The van der Waals surface area contributed by atoms with E-state index in [0.717, 1.165) is 9.88 Å². The average Bonchev–Trinajstić information content (AvgIpc) is 3.16. The summed E-state index contributed by atoms with van der Waals surface area (Å²) < 4.78 is 17.9. The molecule has 0 aliphatic heterocycles. The van der Waals surface area contributed by atoms with Crippen LogP contribution in [0, 0.1) is 5.82 Å². The summed E-state index contributed by atoms with van der Waals surface area (Å²) in [5.74, 6) is -0.868. The van der Waals surface area contributed by atoms with Crippen LogP contribution in [0.2, 0.25) is 0 Å². The second-order valence-corrected chi connectivity index (χ2v) is 6.01. The quantitative estimate of drug-likeness (QED) is 0.670. The first kappa shape index (κ1) is 13.9. The lowest BCUT2D eigenvalue weighted by atomic mass is 10.2. The van der Waals surface area contributed by atoms with Crippen molar-refractivity contribution in [2.24, 2.45) is 0 Å². The number of carbonyl (C=O) groups is 1. The molecule has 0 N–H and O–H groups in total. The van der Waals surface area contributed by atoms with Gasteiger partial charge in [-0.1, -0.05) is 6.07 Å². The largest absolute Gasteiger partial charge is 0.456 e. The third-order valence-corrected chi connectivity index (χ3v) is 4.64. The van der Waals surface area contributed by atoms with E-state index >= 15 is 0 Å². The van der Waals surface area contributed by atoms with Gasteiger partial charge in [-0.25, -0.2) is 14.2 Å². The van der Waals surface area contributed by atoms with Crippen LogP contribution in [0.4, 0.5) is 4.39 Å². The summed E-state index contributed by atoms with van der Waals surface area (Å²) in [5.41, 5.74) is 1.03. The molecule has 3 rings (SSSR count). The molecule has 6 heteroatoms. The summed E-state index contributed by atoms with van der Waals surface area (Å²) in [6.45, 7) is 0.109. The Kier molecular flexibility index (Phi) is 4.08. The predicted molar refractivity (Wildman–Crippen MR) is 80.9 cm³/mol. The standard InChI is InChI=1S/C15H10FNO2S2/c16-11-5-3-10(4-6-11)15(18)19-8-12-9-21-14(17-12)13-2-1-7-20-13/h1-7,9H,8H2. The Balaban J connectivity index is 1.62. The molecule has 0 aliphatic rings. The van der Waals surface area contributed by atoms with Gasteiger partial charge in [-0.2, -0.15) is 0 Å². The van der Waals surface area contributed by atoms with Crippen LogP contribution in [-0.2, 0) is 11.3 Å². The van der Waals surface area contributed by atoms with Crippen molar-refractivity contribution >= 4 is 28.6 Å². The maximum Gasteiger partial charge on any atom is 0.338 e. The van der Waals surface area contributed by atoms with Crippen LogP contribution in [0.1, 0.15) is 16.1 Å². The predicted octanol–water partition coefficient (Wildman–Crippen LogP) is 4.37. The summed E-state index contributed by atoms with van der Waals surface area (Å²) in [4.78, 5) is 17.3. The molecular weight excluding hydrogens is 309 g/mol. The summed E-state index contributed by atoms with van der Waals surface area (Å²) >= 11 is 3.13. The minimum Gasteiger partial charge on any atom is -0.456 e. The first-order chi connectivity index (χ1) is 10.2. The fourth-order valence-corrected chi connectivity index (χ4v) is 3.31. The Hall–Kier alpha value is -2.05. The third-order valence-electron chi connectivity index (χ3n) is 2.71. The summed E-state index contributed by atoms with van der Waals surface area (Å²) in [7, 11) is 0. The number of benzene rings is 1. The van der Waals surface area contributed by atoms with Crippen LogP contribution in [0.15, 0.2) is 47.2 Å². The number of ether oxygens (including phenoxy) is 1. The number of thiophene rings is 1. The Morgan fingerprint density at radius 1 is 1.19 bits per heavy atom. The van der Waals surface area contributed by atoms with Crippen molar-refractivity contribution in [2.45, 2.75) is 6.61 Å². The van der Waals surface area contributed by atoms with Crippen LogP contribution in [0.25, 0.3) is 9.88 Å². The van der Waals surface area contributed by atoms with E-state index < -0.39 is 5.97 Å². The molecule has 0 aliphatic carbocycles. The molecule has 3 nitrogen and oxygen atoms in total. The highest BCUT2D eigenvalue weighted by Gasteiger charge is 2.10. The van der Waals surface area contributed by atoms with Crippen molar-refractivity contribution in [1.82, 2.24) is 4.98 Å². The normalized spacial score (nSPS) is 10.5. The number of hydrogen-bond donors (Lipinski definition) is 0. The van der Waals surface area contributed by atoms with Crippen molar-refractivity contribution in [3.63, 3.8) is 0 Å². The zero-order valence-electron chi connectivity index (χ0n) is 10.8. The zero-order valence-corrected chi connectivity index (χ0v) is 12.4. The molecule has 0 spiro atoms. The molecular formula is C15H10FNO2S2. The highest BCUT2D eigenvalue weighted by atomic mass is 32.1. The Labute approximate surface area is 128 Å². The highest BCUT2D eigenvalue weighted by Crippen LogP contribution is 2.28. The smallest absolute Gasteiger partial charge is 0.338 e. The highest BCUT2D eigenvalue weighted by molar-refractivity contribution is 7.20.